The number of ether oxygens (including phenoxy) is 2. The Hall–Kier alpha value is -4.13. The second-order valence-corrected chi connectivity index (χ2v) is 8.73. The summed E-state index contributed by atoms with van der Waals surface area (Å²) in [7, 11) is 1.49. The number of amides is 1. The topological polar surface area (TPSA) is 76.1 Å². The summed E-state index contributed by atoms with van der Waals surface area (Å²) in [6, 6.07) is 16.5. The standard InChI is InChI=1S/C29H28FNO5/c1-5-36-24-15-10-18(16-22(24)17(2)3)27(32)25-26(21-8-6-7-9-23(21)35-4)31(29(34)28(25)33)20-13-11-19(30)12-14-20/h6-17,26,32H,5H2,1-4H3/b27-25+. The van der Waals surface area contributed by atoms with Crippen LogP contribution in [0.4, 0.5) is 10.1 Å². The Bertz CT molecular complexity index is 1330. The minimum absolute atomic E-state index is 0.0762. The maximum atomic E-state index is 13.7. The summed E-state index contributed by atoms with van der Waals surface area (Å²) in [5.74, 6) is -1.22. The third-order valence-electron chi connectivity index (χ3n) is 6.19. The van der Waals surface area contributed by atoms with Gasteiger partial charge in [-0.15, -0.1) is 0 Å². The van der Waals surface area contributed by atoms with Crippen LogP contribution in [0.3, 0.4) is 0 Å². The van der Waals surface area contributed by atoms with Gasteiger partial charge in [-0.2, -0.15) is 0 Å². The van der Waals surface area contributed by atoms with Crippen LogP contribution in [-0.4, -0.2) is 30.5 Å². The van der Waals surface area contributed by atoms with Crippen LogP contribution in [0.2, 0.25) is 0 Å². The normalized spacial score (nSPS) is 17.1. The minimum Gasteiger partial charge on any atom is -0.507 e. The number of halogens is 1. The predicted molar refractivity (Wildman–Crippen MR) is 136 cm³/mol. The van der Waals surface area contributed by atoms with Gasteiger partial charge < -0.3 is 14.6 Å². The molecular formula is C29H28FNO5. The van der Waals surface area contributed by atoms with E-state index in [1.807, 2.05) is 20.8 Å². The molecule has 0 saturated carbocycles. The molecule has 36 heavy (non-hydrogen) atoms. The number of para-hydroxylation sites is 1. The second kappa shape index (κ2) is 10.2. The van der Waals surface area contributed by atoms with E-state index in [1.54, 1.807) is 42.5 Å². The largest absolute Gasteiger partial charge is 0.507 e. The number of ketones is 1. The lowest BCUT2D eigenvalue weighted by Crippen LogP contribution is -2.29. The molecule has 1 aliphatic rings. The fourth-order valence-electron chi connectivity index (χ4n) is 4.48. The van der Waals surface area contributed by atoms with E-state index in [9.17, 15) is 19.1 Å². The molecule has 6 nitrogen and oxygen atoms in total. The Labute approximate surface area is 209 Å². The van der Waals surface area contributed by atoms with Gasteiger partial charge in [-0.25, -0.2) is 4.39 Å². The van der Waals surface area contributed by atoms with Crippen molar-refractivity contribution in [1.29, 1.82) is 0 Å². The van der Waals surface area contributed by atoms with Crippen molar-refractivity contribution in [2.24, 2.45) is 0 Å². The molecule has 1 N–H and O–H groups in total. The summed E-state index contributed by atoms with van der Waals surface area (Å²) in [6.07, 6.45) is 0. The molecule has 7 heteroatoms. The van der Waals surface area contributed by atoms with Crippen LogP contribution < -0.4 is 14.4 Å². The van der Waals surface area contributed by atoms with E-state index in [1.165, 1.54) is 36.3 Å². The van der Waals surface area contributed by atoms with E-state index in [4.69, 9.17) is 9.47 Å². The lowest BCUT2D eigenvalue weighted by molar-refractivity contribution is -0.132. The predicted octanol–water partition coefficient (Wildman–Crippen LogP) is 5.98. The Morgan fingerprint density at radius 2 is 1.72 bits per heavy atom. The summed E-state index contributed by atoms with van der Waals surface area (Å²) in [5.41, 5.74) is 2.01. The van der Waals surface area contributed by atoms with E-state index in [2.05, 4.69) is 0 Å². The number of rotatable bonds is 7. The van der Waals surface area contributed by atoms with E-state index >= 15 is 0 Å². The average molecular weight is 490 g/mol. The van der Waals surface area contributed by atoms with Gasteiger partial charge in [0.15, 0.2) is 0 Å². The molecule has 3 aromatic rings. The molecule has 1 unspecified atom stereocenters. The highest BCUT2D eigenvalue weighted by Gasteiger charge is 2.48. The van der Waals surface area contributed by atoms with Gasteiger partial charge in [-0.3, -0.25) is 14.5 Å². The molecular weight excluding hydrogens is 461 g/mol. The highest BCUT2D eigenvalue weighted by atomic mass is 19.1. The molecule has 4 rings (SSSR count). The van der Waals surface area contributed by atoms with Crippen LogP contribution in [0, 0.1) is 5.82 Å². The Morgan fingerprint density at radius 3 is 2.36 bits per heavy atom. The van der Waals surface area contributed by atoms with Crippen LogP contribution in [0.25, 0.3) is 5.76 Å². The number of anilines is 1. The summed E-state index contributed by atoms with van der Waals surface area (Å²) in [6.45, 7) is 6.39. The minimum atomic E-state index is -0.985. The fourth-order valence-corrected chi connectivity index (χ4v) is 4.48. The molecule has 0 radical (unpaired) electrons. The maximum Gasteiger partial charge on any atom is 0.300 e. The number of hydrogen-bond donors (Lipinski definition) is 1. The number of carbonyl (C=O) groups is 2. The van der Waals surface area contributed by atoms with Crippen molar-refractivity contribution in [2.45, 2.75) is 32.7 Å². The number of methoxy groups -OCH3 is 1. The zero-order valence-corrected chi connectivity index (χ0v) is 20.6. The Morgan fingerprint density at radius 1 is 1.03 bits per heavy atom. The SMILES string of the molecule is CCOc1ccc(/C(O)=C2\C(=O)C(=O)N(c3ccc(F)cc3)C2c2ccccc2OC)cc1C(C)C. The van der Waals surface area contributed by atoms with Crippen molar-refractivity contribution >= 4 is 23.1 Å². The first-order valence-corrected chi connectivity index (χ1v) is 11.7. The van der Waals surface area contributed by atoms with Crippen LogP contribution in [-0.2, 0) is 9.59 Å². The Kier molecular flexibility index (Phi) is 7.10. The molecule has 186 valence electrons. The number of carbonyl (C=O) groups excluding carboxylic acids is 2. The number of hydrogen-bond acceptors (Lipinski definition) is 5. The third kappa shape index (κ3) is 4.44. The number of aliphatic hydroxyl groups is 1. The van der Waals surface area contributed by atoms with Crippen molar-refractivity contribution in [1.82, 2.24) is 0 Å². The highest BCUT2D eigenvalue weighted by Crippen LogP contribution is 2.45. The Balaban J connectivity index is 1.96. The maximum absolute atomic E-state index is 13.7. The van der Waals surface area contributed by atoms with Gasteiger partial charge in [0.25, 0.3) is 11.7 Å². The molecule has 1 aliphatic heterocycles. The van der Waals surface area contributed by atoms with Crippen LogP contribution in [0.5, 0.6) is 11.5 Å². The van der Waals surface area contributed by atoms with E-state index in [0.29, 0.717) is 34.9 Å². The lowest BCUT2D eigenvalue weighted by atomic mass is 9.92. The van der Waals surface area contributed by atoms with Gasteiger partial charge in [-0.05, 0) is 66.9 Å². The summed E-state index contributed by atoms with van der Waals surface area (Å²) >= 11 is 0. The van der Waals surface area contributed by atoms with Gasteiger partial charge in [0.1, 0.15) is 23.1 Å². The molecule has 1 amide bonds. The van der Waals surface area contributed by atoms with E-state index in [-0.39, 0.29) is 17.3 Å². The number of benzene rings is 3. The summed E-state index contributed by atoms with van der Waals surface area (Å²) in [4.78, 5) is 28.0. The molecule has 1 fully saturated rings. The van der Waals surface area contributed by atoms with Crippen molar-refractivity contribution in [3.05, 3.63) is 94.8 Å². The first kappa shape index (κ1) is 25.0. The van der Waals surface area contributed by atoms with Gasteiger partial charge in [-0.1, -0.05) is 32.0 Å². The van der Waals surface area contributed by atoms with Gasteiger partial charge in [0.2, 0.25) is 0 Å². The van der Waals surface area contributed by atoms with Crippen LogP contribution >= 0.6 is 0 Å². The average Bonchev–Trinajstić information content (AvgIpc) is 3.14. The van der Waals surface area contributed by atoms with Crippen LogP contribution in [0.15, 0.2) is 72.3 Å². The molecule has 0 bridgehead atoms. The second-order valence-electron chi connectivity index (χ2n) is 8.73. The monoisotopic (exact) mass is 489 g/mol. The van der Waals surface area contributed by atoms with Crippen molar-refractivity contribution in [3.63, 3.8) is 0 Å². The number of Topliss-reactive ketones (excluding diaryl/α,β-unsaturated/α-hetero) is 1. The molecule has 3 aromatic carbocycles. The van der Waals surface area contributed by atoms with Gasteiger partial charge in [0.05, 0.1) is 25.3 Å². The lowest BCUT2D eigenvalue weighted by Gasteiger charge is -2.26. The molecule has 1 heterocycles. The zero-order valence-electron chi connectivity index (χ0n) is 20.6. The quantitative estimate of drug-likeness (QED) is 0.251. The highest BCUT2D eigenvalue weighted by molar-refractivity contribution is 6.51. The van der Waals surface area contributed by atoms with Crippen molar-refractivity contribution < 1.29 is 28.6 Å². The first-order chi connectivity index (χ1) is 17.3. The van der Waals surface area contributed by atoms with Crippen molar-refractivity contribution in [3.8, 4) is 11.5 Å². The molecule has 0 aromatic heterocycles. The molecule has 1 atom stereocenters. The molecule has 1 saturated heterocycles. The third-order valence-corrected chi connectivity index (χ3v) is 6.19. The van der Waals surface area contributed by atoms with Gasteiger partial charge >= 0.3 is 0 Å². The van der Waals surface area contributed by atoms with E-state index in [0.717, 1.165) is 5.56 Å². The fraction of sp³-hybridized carbons (Fsp3) is 0.241. The van der Waals surface area contributed by atoms with Crippen LogP contribution in [0.1, 0.15) is 49.4 Å². The molecule has 0 spiro atoms. The smallest absolute Gasteiger partial charge is 0.300 e. The van der Waals surface area contributed by atoms with Gasteiger partial charge in [0, 0.05) is 16.8 Å². The van der Waals surface area contributed by atoms with E-state index < -0.39 is 23.5 Å². The molecule has 0 aliphatic carbocycles. The number of nitrogens with zero attached hydrogens (tertiary/aromatic N) is 1. The summed E-state index contributed by atoms with van der Waals surface area (Å²) in [5, 5.41) is 11.5. The summed E-state index contributed by atoms with van der Waals surface area (Å²) < 4.78 is 24.9. The van der Waals surface area contributed by atoms with Crippen molar-refractivity contribution in [2.75, 3.05) is 18.6 Å². The zero-order chi connectivity index (χ0) is 26.0. The first-order valence-electron chi connectivity index (χ1n) is 11.7. The number of aliphatic hydroxyl groups excluding tert-OH is 1.